The van der Waals surface area contributed by atoms with Gasteiger partial charge in [0.15, 0.2) is 0 Å². The second kappa shape index (κ2) is 6.90. The van der Waals surface area contributed by atoms with Gasteiger partial charge in [-0.3, -0.25) is 9.58 Å². The van der Waals surface area contributed by atoms with Crippen molar-refractivity contribution in [2.45, 2.75) is 52.7 Å². The van der Waals surface area contributed by atoms with Gasteiger partial charge in [-0.25, -0.2) is 0 Å². The summed E-state index contributed by atoms with van der Waals surface area (Å²) in [5.41, 5.74) is 7.17. The third kappa shape index (κ3) is 3.56. The minimum atomic E-state index is 0.257. The Morgan fingerprint density at radius 3 is 2.56 bits per heavy atom. The molecule has 2 unspecified atom stereocenters. The fourth-order valence-corrected chi connectivity index (χ4v) is 2.19. The van der Waals surface area contributed by atoms with Crippen LogP contribution in [0.5, 0.6) is 0 Å². The van der Waals surface area contributed by atoms with Crippen LogP contribution in [0.2, 0.25) is 0 Å². The summed E-state index contributed by atoms with van der Waals surface area (Å²) in [5, 5.41) is 4.40. The van der Waals surface area contributed by atoms with Crippen molar-refractivity contribution in [2.24, 2.45) is 11.7 Å². The Hall–Kier alpha value is -0.870. The molecule has 0 saturated carbocycles. The Morgan fingerprint density at radius 1 is 1.39 bits per heavy atom. The Morgan fingerprint density at radius 2 is 2.06 bits per heavy atom. The van der Waals surface area contributed by atoms with E-state index in [0.29, 0.717) is 18.5 Å². The van der Waals surface area contributed by atoms with Crippen molar-refractivity contribution in [3.8, 4) is 0 Å². The van der Waals surface area contributed by atoms with Gasteiger partial charge in [0.25, 0.3) is 0 Å². The van der Waals surface area contributed by atoms with Crippen LogP contribution in [0.3, 0.4) is 0 Å². The molecule has 0 aliphatic heterocycles. The van der Waals surface area contributed by atoms with Gasteiger partial charge in [0.2, 0.25) is 0 Å². The molecular formula is C14H28N4. The van der Waals surface area contributed by atoms with Gasteiger partial charge >= 0.3 is 0 Å². The van der Waals surface area contributed by atoms with E-state index in [1.807, 2.05) is 10.9 Å². The normalized spacial score (nSPS) is 15.3. The maximum Gasteiger partial charge on any atom is 0.0538 e. The summed E-state index contributed by atoms with van der Waals surface area (Å²) in [5.74, 6) is 0.620. The molecule has 4 nitrogen and oxygen atoms in total. The highest BCUT2D eigenvalue weighted by atomic mass is 15.3. The van der Waals surface area contributed by atoms with Crippen molar-refractivity contribution in [1.29, 1.82) is 0 Å². The zero-order valence-electron chi connectivity index (χ0n) is 12.4. The van der Waals surface area contributed by atoms with Crippen molar-refractivity contribution < 1.29 is 0 Å². The van der Waals surface area contributed by atoms with Crippen LogP contribution in [0.25, 0.3) is 0 Å². The lowest BCUT2D eigenvalue weighted by Gasteiger charge is -2.34. The van der Waals surface area contributed by atoms with Crippen molar-refractivity contribution in [2.75, 3.05) is 13.6 Å². The van der Waals surface area contributed by atoms with Crippen molar-refractivity contribution >= 4 is 0 Å². The maximum absolute atomic E-state index is 5.95. The average molecular weight is 252 g/mol. The van der Waals surface area contributed by atoms with Crippen LogP contribution in [0, 0.1) is 5.92 Å². The summed E-state index contributed by atoms with van der Waals surface area (Å²) in [6, 6.07) is 0.765. The molecule has 2 atom stereocenters. The summed E-state index contributed by atoms with van der Waals surface area (Å²) in [6.45, 7) is 10.5. The highest BCUT2D eigenvalue weighted by molar-refractivity contribution is 5.11. The van der Waals surface area contributed by atoms with Crippen LogP contribution in [-0.4, -0.2) is 34.3 Å². The van der Waals surface area contributed by atoms with E-state index in [9.17, 15) is 0 Å². The first kappa shape index (κ1) is 15.2. The number of rotatable bonds is 7. The monoisotopic (exact) mass is 252 g/mol. The van der Waals surface area contributed by atoms with Gasteiger partial charge in [0.1, 0.15) is 0 Å². The zero-order chi connectivity index (χ0) is 13.7. The predicted octanol–water partition coefficient (Wildman–Crippen LogP) is 2.27. The van der Waals surface area contributed by atoms with E-state index < -0.39 is 0 Å². The van der Waals surface area contributed by atoms with E-state index in [-0.39, 0.29) is 6.04 Å². The van der Waals surface area contributed by atoms with Gasteiger partial charge in [0, 0.05) is 30.9 Å². The summed E-state index contributed by atoms with van der Waals surface area (Å²) in [6.07, 6.45) is 5.19. The fourth-order valence-electron chi connectivity index (χ4n) is 2.19. The molecule has 18 heavy (non-hydrogen) atoms. The molecule has 0 amide bonds. The molecule has 0 fully saturated rings. The Balaban J connectivity index is 2.81. The van der Waals surface area contributed by atoms with Crippen LogP contribution in [0.1, 0.15) is 45.7 Å². The maximum atomic E-state index is 5.95. The van der Waals surface area contributed by atoms with E-state index in [1.54, 1.807) is 0 Å². The molecule has 2 N–H and O–H groups in total. The SMILES string of the molecule is CCCn1cc(C(CN)N(C)C(C)C(C)C)cn1. The molecule has 0 aliphatic rings. The average Bonchev–Trinajstić information content (AvgIpc) is 2.77. The quantitative estimate of drug-likeness (QED) is 0.810. The molecule has 1 aromatic heterocycles. The largest absolute Gasteiger partial charge is 0.329 e. The number of nitrogens with zero attached hydrogens (tertiary/aromatic N) is 3. The second-order valence-corrected chi connectivity index (χ2v) is 5.44. The summed E-state index contributed by atoms with van der Waals surface area (Å²) in [7, 11) is 2.15. The second-order valence-electron chi connectivity index (χ2n) is 5.44. The third-order valence-corrected chi connectivity index (χ3v) is 3.81. The smallest absolute Gasteiger partial charge is 0.0538 e. The standard InChI is InChI=1S/C14H28N4/c1-6-7-18-10-13(9-16-18)14(8-15)17(5)12(4)11(2)3/h9-12,14H,6-8,15H2,1-5H3. The number of hydrogen-bond acceptors (Lipinski definition) is 3. The molecular weight excluding hydrogens is 224 g/mol. The van der Waals surface area contributed by atoms with E-state index >= 15 is 0 Å². The number of likely N-dealkylation sites (N-methyl/N-ethyl adjacent to an activating group) is 1. The third-order valence-electron chi connectivity index (χ3n) is 3.81. The van der Waals surface area contributed by atoms with Gasteiger partial charge < -0.3 is 5.73 Å². The van der Waals surface area contributed by atoms with E-state index in [1.165, 1.54) is 5.56 Å². The lowest BCUT2D eigenvalue weighted by atomic mass is 10.0. The van der Waals surface area contributed by atoms with Crippen LogP contribution < -0.4 is 5.73 Å². The number of nitrogens with two attached hydrogens (primary N) is 1. The highest BCUT2D eigenvalue weighted by Crippen LogP contribution is 2.22. The Labute approximate surface area is 111 Å². The lowest BCUT2D eigenvalue weighted by molar-refractivity contribution is 0.152. The van der Waals surface area contributed by atoms with E-state index in [0.717, 1.165) is 13.0 Å². The predicted molar refractivity (Wildman–Crippen MR) is 76.4 cm³/mol. The first-order valence-electron chi connectivity index (χ1n) is 6.95. The molecule has 1 rings (SSSR count). The van der Waals surface area contributed by atoms with Crippen LogP contribution in [0.15, 0.2) is 12.4 Å². The summed E-state index contributed by atoms with van der Waals surface area (Å²) < 4.78 is 2.01. The molecule has 0 saturated heterocycles. The van der Waals surface area contributed by atoms with Gasteiger partial charge in [-0.1, -0.05) is 20.8 Å². The molecule has 1 heterocycles. The van der Waals surface area contributed by atoms with Crippen molar-refractivity contribution in [3.63, 3.8) is 0 Å². The van der Waals surface area contributed by atoms with E-state index in [2.05, 4.69) is 50.9 Å². The first-order chi connectivity index (χ1) is 8.51. The van der Waals surface area contributed by atoms with Crippen molar-refractivity contribution in [3.05, 3.63) is 18.0 Å². The zero-order valence-corrected chi connectivity index (χ0v) is 12.4. The first-order valence-corrected chi connectivity index (χ1v) is 6.95. The number of aryl methyl sites for hydroxylation is 1. The van der Waals surface area contributed by atoms with Gasteiger partial charge in [0.05, 0.1) is 12.2 Å². The molecule has 0 spiro atoms. The molecule has 0 radical (unpaired) electrons. The van der Waals surface area contributed by atoms with Crippen LogP contribution >= 0.6 is 0 Å². The van der Waals surface area contributed by atoms with Crippen molar-refractivity contribution in [1.82, 2.24) is 14.7 Å². The lowest BCUT2D eigenvalue weighted by Crippen LogP contribution is -2.39. The van der Waals surface area contributed by atoms with E-state index in [4.69, 9.17) is 5.73 Å². The number of hydrogen-bond donors (Lipinski definition) is 1. The number of aromatic nitrogens is 2. The Kier molecular flexibility index (Phi) is 5.82. The Bertz CT molecular complexity index is 345. The summed E-state index contributed by atoms with van der Waals surface area (Å²) in [4.78, 5) is 2.36. The van der Waals surface area contributed by atoms with Gasteiger partial charge in [-0.2, -0.15) is 5.10 Å². The minimum absolute atomic E-state index is 0.257. The molecule has 0 aliphatic carbocycles. The van der Waals surface area contributed by atoms with Gasteiger partial charge in [-0.15, -0.1) is 0 Å². The highest BCUT2D eigenvalue weighted by Gasteiger charge is 2.23. The summed E-state index contributed by atoms with van der Waals surface area (Å²) >= 11 is 0. The topological polar surface area (TPSA) is 47.1 Å². The fraction of sp³-hybridized carbons (Fsp3) is 0.786. The van der Waals surface area contributed by atoms with Crippen LogP contribution in [0.4, 0.5) is 0 Å². The molecule has 4 heteroatoms. The minimum Gasteiger partial charge on any atom is -0.329 e. The molecule has 0 bridgehead atoms. The molecule has 1 aromatic rings. The van der Waals surface area contributed by atoms with Gasteiger partial charge in [-0.05, 0) is 26.3 Å². The van der Waals surface area contributed by atoms with Crippen LogP contribution in [-0.2, 0) is 6.54 Å². The molecule has 104 valence electrons. The molecule has 0 aromatic carbocycles.